The van der Waals surface area contributed by atoms with Crippen molar-refractivity contribution in [3.05, 3.63) is 20.8 Å². The molecule has 1 aliphatic heterocycles. The summed E-state index contributed by atoms with van der Waals surface area (Å²) in [6.07, 6.45) is 1.53. The monoisotopic (exact) mass is 375 g/mol. The van der Waals surface area contributed by atoms with Crippen molar-refractivity contribution in [1.82, 2.24) is 4.90 Å². The van der Waals surface area contributed by atoms with E-state index in [0.717, 1.165) is 9.35 Å². The summed E-state index contributed by atoms with van der Waals surface area (Å²) in [5.74, 6) is -1.41. The smallest absolute Gasteiger partial charge is 0.308 e. The van der Waals surface area contributed by atoms with Crippen molar-refractivity contribution in [3.8, 4) is 0 Å². The Hall–Kier alpha value is -0.920. The standard InChI is InChI=1S/C14H18BrNO4S/c1-20-6-5-16-12(17)4-2-3-10(14(18)19)13(16)11-7-9(15)8-21-11/h7-8,10,13H,2-6H2,1H3,(H,18,19). The number of carbonyl (C=O) groups excluding carboxylic acids is 1. The number of halogens is 1. The van der Waals surface area contributed by atoms with Crippen LogP contribution in [0.15, 0.2) is 15.9 Å². The van der Waals surface area contributed by atoms with Gasteiger partial charge in [0.05, 0.1) is 18.6 Å². The highest BCUT2D eigenvalue weighted by Gasteiger charge is 2.39. The third-order valence-electron chi connectivity index (χ3n) is 3.68. The molecule has 1 amide bonds. The molecule has 2 atom stereocenters. The molecular formula is C14H18BrNO4S. The van der Waals surface area contributed by atoms with Gasteiger partial charge < -0.3 is 14.7 Å². The lowest BCUT2D eigenvalue weighted by Crippen LogP contribution is -2.40. The first-order valence-corrected chi connectivity index (χ1v) is 8.47. The van der Waals surface area contributed by atoms with Crippen molar-refractivity contribution in [2.24, 2.45) is 5.92 Å². The first-order chi connectivity index (χ1) is 10.0. The Labute approximate surface area is 136 Å². The van der Waals surface area contributed by atoms with Crippen LogP contribution in [-0.2, 0) is 14.3 Å². The molecule has 1 N–H and O–H groups in total. The number of carboxylic acid groups (broad SMARTS) is 1. The third kappa shape index (κ3) is 3.84. The average Bonchev–Trinajstić information content (AvgIpc) is 2.78. The topological polar surface area (TPSA) is 66.8 Å². The number of methoxy groups -OCH3 is 1. The molecule has 0 bridgehead atoms. The molecule has 7 heteroatoms. The van der Waals surface area contributed by atoms with Crippen LogP contribution < -0.4 is 0 Å². The largest absolute Gasteiger partial charge is 0.481 e. The fourth-order valence-electron chi connectivity index (χ4n) is 2.69. The van der Waals surface area contributed by atoms with Crippen molar-refractivity contribution in [2.75, 3.05) is 20.3 Å². The van der Waals surface area contributed by atoms with Crippen molar-refractivity contribution < 1.29 is 19.4 Å². The molecule has 21 heavy (non-hydrogen) atoms. The van der Waals surface area contributed by atoms with Gasteiger partial charge in [-0.15, -0.1) is 11.3 Å². The van der Waals surface area contributed by atoms with E-state index in [1.807, 2.05) is 11.4 Å². The van der Waals surface area contributed by atoms with Crippen LogP contribution in [0.4, 0.5) is 0 Å². The molecule has 0 radical (unpaired) electrons. The zero-order valence-electron chi connectivity index (χ0n) is 11.8. The number of rotatable bonds is 5. The van der Waals surface area contributed by atoms with Gasteiger partial charge in [0.2, 0.25) is 5.91 Å². The van der Waals surface area contributed by atoms with Gasteiger partial charge in [0.15, 0.2) is 0 Å². The van der Waals surface area contributed by atoms with E-state index in [0.29, 0.717) is 32.4 Å². The Bertz CT molecular complexity index is 519. The van der Waals surface area contributed by atoms with Crippen LogP contribution in [0.5, 0.6) is 0 Å². The Morgan fingerprint density at radius 1 is 1.62 bits per heavy atom. The lowest BCUT2D eigenvalue weighted by atomic mass is 9.93. The number of likely N-dealkylation sites (tertiary alicyclic amines) is 1. The summed E-state index contributed by atoms with van der Waals surface area (Å²) in [7, 11) is 1.58. The van der Waals surface area contributed by atoms with Gasteiger partial charge in [0.1, 0.15) is 0 Å². The minimum Gasteiger partial charge on any atom is -0.481 e. The van der Waals surface area contributed by atoms with E-state index in [4.69, 9.17) is 4.74 Å². The predicted molar refractivity (Wildman–Crippen MR) is 83.3 cm³/mol. The molecule has 2 heterocycles. The van der Waals surface area contributed by atoms with Crippen molar-refractivity contribution in [3.63, 3.8) is 0 Å². The second-order valence-corrected chi connectivity index (χ2v) is 6.89. The molecule has 5 nitrogen and oxygen atoms in total. The highest BCUT2D eigenvalue weighted by atomic mass is 79.9. The first-order valence-electron chi connectivity index (χ1n) is 6.79. The maximum absolute atomic E-state index is 12.3. The number of carbonyl (C=O) groups is 2. The number of ether oxygens (including phenoxy) is 1. The molecule has 0 spiro atoms. The van der Waals surface area contributed by atoms with Crippen molar-refractivity contribution >= 4 is 39.1 Å². The zero-order valence-corrected chi connectivity index (χ0v) is 14.2. The fourth-order valence-corrected chi connectivity index (χ4v) is 4.32. The number of thiophene rings is 1. The molecule has 1 saturated heterocycles. The van der Waals surface area contributed by atoms with E-state index in [9.17, 15) is 14.7 Å². The summed E-state index contributed by atoms with van der Waals surface area (Å²) in [6, 6.07) is 1.49. The number of hydrogen-bond donors (Lipinski definition) is 1. The molecule has 1 aromatic heterocycles. The van der Waals surface area contributed by atoms with E-state index in [1.165, 1.54) is 11.3 Å². The molecule has 1 fully saturated rings. The second-order valence-electron chi connectivity index (χ2n) is 5.03. The number of nitrogens with zero attached hydrogens (tertiary/aromatic N) is 1. The zero-order chi connectivity index (χ0) is 15.4. The Kier molecular flexibility index (Phi) is 5.78. The third-order valence-corrected chi connectivity index (χ3v) is 5.44. The van der Waals surface area contributed by atoms with E-state index >= 15 is 0 Å². The molecular weight excluding hydrogens is 358 g/mol. The number of hydrogen-bond acceptors (Lipinski definition) is 4. The lowest BCUT2D eigenvalue weighted by Gasteiger charge is -2.32. The highest BCUT2D eigenvalue weighted by molar-refractivity contribution is 9.10. The molecule has 2 rings (SSSR count). The van der Waals surface area contributed by atoms with E-state index in [-0.39, 0.29) is 5.91 Å². The van der Waals surface area contributed by atoms with Crippen LogP contribution in [-0.4, -0.2) is 42.1 Å². The maximum atomic E-state index is 12.3. The van der Waals surface area contributed by atoms with Crippen LogP contribution in [0, 0.1) is 5.92 Å². The van der Waals surface area contributed by atoms with Crippen LogP contribution in [0.2, 0.25) is 0 Å². The highest BCUT2D eigenvalue weighted by Crippen LogP contribution is 2.39. The van der Waals surface area contributed by atoms with Crippen molar-refractivity contribution in [2.45, 2.75) is 25.3 Å². The Morgan fingerprint density at radius 2 is 2.38 bits per heavy atom. The molecule has 2 unspecified atom stereocenters. The number of amides is 1. The maximum Gasteiger partial charge on any atom is 0.308 e. The van der Waals surface area contributed by atoms with Crippen molar-refractivity contribution in [1.29, 1.82) is 0 Å². The molecule has 0 aliphatic carbocycles. The molecule has 1 aliphatic rings. The van der Waals surface area contributed by atoms with E-state index in [1.54, 1.807) is 12.0 Å². The normalized spacial score (nSPS) is 23.1. The average molecular weight is 376 g/mol. The Morgan fingerprint density at radius 3 is 2.95 bits per heavy atom. The summed E-state index contributed by atoms with van der Waals surface area (Å²) in [6.45, 7) is 0.820. The summed E-state index contributed by atoms with van der Waals surface area (Å²) < 4.78 is 5.98. The summed E-state index contributed by atoms with van der Waals surface area (Å²) in [5, 5.41) is 11.5. The predicted octanol–water partition coefficient (Wildman–Crippen LogP) is 2.91. The summed E-state index contributed by atoms with van der Waals surface area (Å²) in [4.78, 5) is 26.6. The van der Waals surface area contributed by atoms with Gasteiger partial charge in [0, 0.05) is 34.8 Å². The fraction of sp³-hybridized carbons (Fsp3) is 0.571. The van der Waals surface area contributed by atoms with E-state index < -0.39 is 17.9 Å². The Balaban J connectivity index is 2.38. The SMILES string of the molecule is COCCN1C(=O)CCCC(C(=O)O)C1c1cc(Br)cs1. The molecule has 1 aromatic rings. The van der Waals surface area contributed by atoms with Gasteiger partial charge >= 0.3 is 5.97 Å². The summed E-state index contributed by atoms with van der Waals surface area (Å²) in [5.41, 5.74) is 0. The lowest BCUT2D eigenvalue weighted by molar-refractivity contribution is -0.146. The van der Waals surface area contributed by atoms with Gasteiger partial charge in [-0.05, 0) is 34.8 Å². The van der Waals surface area contributed by atoms with Crippen LogP contribution >= 0.6 is 27.3 Å². The minimum atomic E-state index is -0.846. The first kappa shape index (κ1) is 16.5. The van der Waals surface area contributed by atoms with Gasteiger partial charge in [-0.1, -0.05) is 0 Å². The molecule has 0 aromatic carbocycles. The molecule has 0 saturated carbocycles. The van der Waals surface area contributed by atoms with Gasteiger partial charge in [-0.25, -0.2) is 0 Å². The van der Waals surface area contributed by atoms with Crippen LogP contribution in [0.1, 0.15) is 30.2 Å². The minimum absolute atomic E-state index is 0.00493. The van der Waals surface area contributed by atoms with Crippen LogP contribution in [0.25, 0.3) is 0 Å². The number of carboxylic acids is 1. The van der Waals surface area contributed by atoms with Crippen LogP contribution in [0.3, 0.4) is 0 Å². The van der Waals surface area contributed by atoms with Gasteiger partial charge in [0.25, 0.3) is 0 Å². The summed E-state index contributed by atoms with van der Waals surface area (Å²) >= 11 is 4.88. The quantitative estimate of drug-likeness (QED) is 0.858. The van der Waals surface area contributed by atoms with Gasteiger partial charge in [-0.2, -0.15) is 0 Å². The van der Waals surface area contributed by atoms with E-state index in [2.05, 4.69) is 15.9 Å². The molecule has 116 valence electrons. The van der Waals surface area contributed by atoms with Gasteiger partial charge in [-0.3, -0.25) is 9.59 Å². The second kappa shape index (κ2) is 7.38. The number of aliphatic carboxylic acids is 1.